The summed E-state index contributed by atoms with van der Waals surface area (Å²) in [4.78, 5) is 16.0. The lowest BCUT2D eigenvalue weighted by atomic mass is 9.96. The van der Waals surface area contributed by atoms with E-state index in [4.69, 9.17) is 4.74 Å². The van der Waals surface area contributed by atoms with Crippen LogP contribution in [0.5, 0.6) is 5.75 Å². The maximum absolute atomic E-state index is 11.4. The van der Waals surface area contributed by atoms with Crippen LogP contribution in [0.4, 0.5) is 5.69 Å². The predicted molar refractivity (Wildman–Crippen MR) is 116 cm³/mol. The second-order valence-electron chi connectivity index (χ2n) is 6.90. The minimum Gasteiger partial charge on any atom is -0.495 e. The maximum atomic E-state index is 11.4. The summed E-state index contributed by atoms with van der Waals surface area (Å²) in [5.74, 6) is 1.03. The summed E-state index contributed by atoms with van der Waals surface area (Å²) < 4.78 is 5.28. The van der Waals surface area contributed by atoms with Crippen LogP contribution in [0.2, 0.25) is 0 Å². The number of aliphatic hydroxyl groups is 1. The lowest BCUT2D eigenvalue weighted by molar-refractivity contribution is -0.114. The number of hydrogen-bond acceptors (Lipinski definition) is 4. The molecule has 0 saturated carbocycles. The zero-order chi connectivity index (χ0) is 21.3. The Morgan fingerprint density at radius 3 is 2.52 bits per heavy atom. The number of hydrogen-bond donors (Lipinski definition) is 4. The van der Waals surface area contributed by atoms with Gasteiger partial charge in [-0.25, -0.2) is 4.99 Å². The number of nitrogens with zero attached hydrogens (tertiary/aromatic N) is 1. The molecule has 0 aliphatic rings. The van der Waals surface area contributed by atoms with E-state index in [1.54, 1.807) is 20.1 Å². The molecular weight excluding hydrogens is 368 g/mol. The summed E-state index contributed by atoms with van der Waals surface area (Å²) >= 11 is 0. The van der Waals surface area contributed by atoms with E-state index < -0.39 is 5.60 Å². The minimum atomic E-state index is -1.03. The van der Waals surface area contributed by atoms with Gasteiger partial charge in [0.05, 0.1) is 25.9 Å². The van der Waals surface area contributed by atoms with Gasteiger partial charge in [-0.1, -0.05) is 36.4 Å². The normalized spacial score (nSPS) is 13.3. The largest absolute Gasteiger partial charge is 0.495 e. The van der Waals surface area contributed by atoms with Crippen LogP contribution in [0.3, 0.4) is 0 Å². The topological polar surface area (TPSA) is 95.0 Å². The van der Waals surface area contributed by atoms with Gasteiger partial charge in [0.25, 0.3) is 0 Å². The van der Waals surface area contributed by atoms with E-state index in [0.29, 0.717) is 37.0 Å². The third-order valence-electron chi connectivity index (χ3n) is 4.33. The van der Waals surface area contributed by atoms with E-state index in [2.05, 4.69) is 20.9 Å². The Hall–Kier alpha value is -3.06. The first-order chi connectivity index (χ1) is 13.9. The van der Waals surface area contributed by atoms with Gasteiger partial charge in [-0.2, -0.15) is 0 Å². The molecular formula is C22H30N4O3. The van der Waals surface area contributed by atoms with E-state index in [0.717, 1.165) is 11.1 Å². The molecule has 0 saturated heterocycles. The molecule has 7 heteroatoms. The molecule has 1 atom stereocenters. The lowest BCUT2D eigenvalue weighted by Gasteiger charge is -2.25. The molecule has 7 nitrogen and oxygen atoms in total. The number of carbonyl (C=O) groups excluding carboxylic acids is 1. The van der Waals surface area contributed by atoms with Crippen molar-refractivity contribution in [1.82, 2.24) is 10.6 Å². The highest BCUT2D eigenvalue weighted by atomic mass is 16.5. The Labute approximate surface area is 172 Å². The zero-order valence-electron chi connectivity index (χ0n) is 17.5. The number of nitrogens with one attached hydrogen (secondary N) is 3. The van der Waals surface area contributed by atoms with Gasteiger partial charge in [0, 0.05) is 13.5 Å². The van der Waals surface area contributed by atoms with Crippen molar-refractivity contribution in [3.8, 4) is 5.75 Å². The first kappa shape index (κ1) is 22.2. The molecule has 0 aliphatic heterocycles. The highest BCUT2D eigenvalue weighted by Crippen LogP contribution is 2.25. The molecule has 0 heterocycles. The lowest BCUT2D eigenvalue weighted by Crippen LogP contribution is -2.44. The Morgan fingerprint density at radius 1 is 1.17 bits per heavy atom. The van der Waals surface area contributed by atoms with Gasteiger partial charge < -0.3 is 25.8 Å². The Balaban J connectivity index is 2.09. The number of rotatable bonds is 8. The third-order valence-corrected chi connectivity index (χ3v) is 4.33. The number of carbonyl (C=O) groups is 1. The molecule has 0 radical (unpaired) electrons. The Morgan fingerprint density at radius 2 is 1.90 bits per heavy atom. The number of methoxy groups -OCH3 is 1. The van der Waals surface area contributed by atoms with Crippen molar-refractivity contribution in [3.05, 3.63) is 59.7 Å². The molecule has 1 amide bonds. The first-order valence-corrected chi connectivity index (χ1v) is 9.60. The van der Waals surface area contributed by atoms with E-state index in [1.807, 2.05) is 49.4 Å². The number of guanidine groups is 1. The summed E-state index contributed by atoms with van der Waals surface area (Å²) in [6, 6.07) is 15.1. The monoisotopic (exact) mass is 398 g/mol. The van der Waals surface area contributed by atoms with Crippen molar-refractivity contribution in [1.29, 1.82) is 0 Å². The number of ether oxygens (including phenoxy) is 1. The van der Waals surface area contributed by atoms with Crippen LogP contribution >= 0.6 is 0 Å². The van der Waals surface area contributed by atoms with Crippen molar-refractivity contribution in [2.45, 2.75) is 32.9 Å². The second kappa shape index (κ2) is 10.5. The molecule has 4 N–H and O–H groups in total. The minimum absolute atomic E-state index is 0.165. The van der Waals surface area contributed by atoms with E-state index in [-0.39, 0.29) is 5.91 Å². The van der Waals surface area contributed by atoms with Gasteiger partial charge in [0.15, 0.2) is 5.96 Å². The van der Waals surface area contributed by atoms with Gasteiger partial charge >= 0.3 is 0 Å². The molecule has 29 heavy (non-hydrogen) atoms. The van der Waals surface area contributed by atoms with Gasteiger partial charge in [0.1, 0.15) is 11.4 Å². The van der Waals surface area contributed by atoms with Crippen molar-refractivity contribution in [3.63, 3.8) is 0 Å². The molecule has 0 aliphatic carbocycles. The van der Waals surface area contributed by atoms with Crippen molar-refractivity contribution >= 4 is 17.6 Å². The summed E-state index contributed by atoms with van der Waals surface area (Å²) in [7, 11) is 1.56. The fraction of sp³-hybridized carbons (Fsp3) is 0.364. The van der Waals surface area contributed by atoms with Gasteiger partial charge in [0.2, 0.25) is 5.91 Å². The molecule has 1 unspecified atom stereocenters. The zero-order valence-corrected chi connectivity index (χ0v) is 17.5. The van der Waals surface area contributed by atoms with Crippen molar-refractivity contribution in [2.75, 3.05) is 25.5 Å². The summed E-state index contributed by atoms with van der Waals surface area (Å²) in [5.41, 5.74) is 1.33. The fourth-order valence-electron chi connectivity index (χ4n) is 2.81. The molecule has 0 aromatic heterocycles. The van der Waals surface area contributed by atoms with Crippen LogP contribution < -0.4 is 20.7 Å². The third kappa shape index (κ3) is 6.80. The smallest absolute Gasteiger partial charge is 0.221 e. The molecule has 2 aromatic rings. The van der Waals surface area contributed by atoms with Crippen LogP contribution in [0.25, 0.3) is 0 Å². The fourth-order valence-corrected chi connectivity index (χ4v) is 2.81. The molecule has 0 fully saturated rings. The van der Waals surface area contributed by atoms with Gasteiger partial charge in [-0.05, 0) is 37.1 Å². The molecule has 0 spiro atoms. The Kier molecular flexibility index (Phi) is 8.03. The van der Waals surface area contributed by atoms with Crippen LogP contribution in [-0.4, -0.2) is 37.2 Å². The second-order valence-corrected chi connectivity index (χ2v) is 6.90. The molecule has 2 rings (SSSR count). The standard InChI is InChI=1S/C22H30N4O3/c1-5-23-21(25-15-22(3,28)18-9-7-6-8-10-18)24-14-17-11-12-20(29-4)19(13-17)26-16(2)27/h6-13,28H,5,14-15H2,1-4H3,(H,26,27)(H2,23,24,25). The number of aliphatic imine (C=N–C) groups is 1. The van der Waals surface area contributed by atoms with Crippen LogP contribution in [0.15, 0.2) is 53.5 Å². The molecule has 156 valence electrons. The quantitative estimate of drug-likeness (QED) is 0.405. The average Bonchev–Trinajstić information content (AvgIpc) is 2.70. The van der Waals surface area contributed by atoms with E-state index in [1.165, 1.54) is 6.92 Å². The number of benzene rings is 2. The number of amides is 1. The summed E-state index contributed by atoms with van der Waals surface area (Å²) in [5, 5.41) is 19.9. The Bertz CT molecular complexity index is 835. The highest BCUT2D eigenvalue weighted by molar-refractivity contribution is 5.90. The first-order valence-electron chi connectivity index (χ1n) is 9.60. The predicted octanol–water partition coefficient (Wildman–Crippen LogP) is 2.62. The maximum Gasteiger partial charge on any atom is 0.221 e. The highest BCUT2D eigenvalue weighted by Gasteiger charge is 2.22. The van der Waals surface area contributed by atoms with Crippen LogP contribution in [-0.2, 0) is 16.9 Å². The van der Waals surface area contributed by atoms with Gasteiger partial charge in [-0.3, -0.25) is 4.79 Å². The average molecular weight is 399 g/mol. The molecule has 0 bridgehead atoms. The van der Waals surface area contributed by atoms with Gasteiger partial charge in [-0.15, -0.1) is 0 Å². The van der Waals surface area contributed by atoms with E-state index >= 15 is 0 Å². The van der Waals surface area contributed by atoms with Crippen LogP contribution in [0.1, 0.15) is 31.9 Å². The summed E-state index contributed by atoms with van der Waals surface area (Å²) in [6.45, 7) is 6.61. The SMILES string of the molecule is CCNC(=NCc1ccc(OC)c(NC(C)=O)c1)NCC(C)(O)c1ccccc1. The van der Waals surface area contributed by atoms with Crippen LogP contribution in [0, 0.1) is 0 Å². The van der Waals surface area contributed by atoms with Crippen molar-refractivity contribution < 1.29 is 14.6 Å². The molecule has 2 aromatic carbocycles. The van der Waals surface area contributed by atoms with Crippen molar-refractivity contribution in [2.24, 2.45) is 4.99 Å². The number of anilines is 1. The summed E-state index contributed by atoms with van der Waals surface area (Å²) in [6.07, 6.45) is 0. The van der Waals surface area contributed by atoms with E-state index in [9.17, 15) is 9.90 Å².